The minimum absolute atomic E-state index is 0.139. The first kappa shape index (κ1) is 14.9. The minimum Gasteiger partial charge on any atom is -0.282 e. The number of nitrogens with zero attached hydrogens (tertiary/aromatic N) is 1. The Morgan fingerprint density at radius 3 is 2.72 bits per heavy atom. The molecule has 98 valence electrons. The van der Waals surface area contributed by atoms with Crippen LogP contribution in [0.1, 0.15) is 18.4 Å². The van der Waals surface area contributed by atoms with Gasteiger partial charge in [-0.05, 0) is 47.0 Å². The fourth-order valence-corrected chi connectivity index (χ4v) is 2.95. The molecule has 0 saturated heterocycles. The predicted octanol–water partition coefficient (Wildman–Crippen LogP) is 2.81. The van der Waals surface area contributed by atoms with Gasteiger partial charge < -0.3 is 0 Å². The summed E-state index contributed by atoms with van der Waals surface area (Å²) in [5, 5.41) is 8.74. The van der Waals surface area contributed by atoms with Gasteiger partial charge in [0.1, 0.15) is 0 Å². The summed E-state index contributed by atoms with van der Waals surface area (Å²) in [7, 11) is -3.51. The van der Waals surface area contributed by atoms with E-state index >= 15 is 0 Å². The van der Waals surface area contributed by atoms with Crippen molar-refractivity contribution in [3.05, 3.63) is 28.2 Å². The van der Waals surface area contributed by atoms with Crippen molar-refractivity contribution >= 4 is 31.6 Å². The first-order valence-corrected chi connectivity index (χ1v) is 7.69. The van der Waals surface area contributed by atoms with E-state index in [1.54, 1.807) is 12.1 Å². The highest BCUT2D eigenvalue weighted by Gasteiger charge is 2.12. The second-order valence-electron chi connectivity index (χ2n) is 3.62. The van der Waals surface area contributed by atoms with Crippen LogP contribution in [0.15, 0.2) is 22.7 Å². The molecule has 1 N–H and O–H groups in total. The maximum atomic E-state index is 11.9. The topological polar surface area (TPSA) is 70.0 Å². The summed E-state index contributed by atoms with van der Waals surface area (Å²) in [6.45, 7) is -0.525. The molecule has 18 heavy (non-hydrogen) atoms. The smallest absolute Gasteiger partial charge is 0.232 e. The molecule has 1 rings (SSSR count). The lowest BCUT2D eigenvalue weighted by Crippen LogP contribution is -2.17. The molecule has 0 aliphatic rings. The average molecular weight is 335 g/mol. The number of nitriles is 1. The fourth-order valence-electron chi connectivity index (χ4n) is 1.28. The highest BCUT2D eigenvalue weighted by atomic mass is 79.9. The van der Waals surface area contributed by atoms with Crippen LogP contribution < -0.4 is 4.72 Å². The molecule has 0 heterocycles. The summed E-state index contributed by atoms with van der Waals surface area (Å²) in [6, 6.07) is 6.54. The normalized spacial score (nSPS) is 10.9. The average Bonchev–Trinajstić information content (AvgIpc) is 2.32. The van der Waals surface area contributed by atoms with E-state index in [0.717, 1.165) is 0 Å². The van der Waals surface area contributed by atoms with Gasteiger partial charge in [-0.15, -0.1) is 0 Å². The molecule has 0 spiro atoms. The second kappa shape index (κ2) is 6.71. The molecule has 0 fully saturated rings. The molecular weight excluding hydrogens is 323 g/mol. The molecule has 4 nitrogen and oxygen atoms in total. The van der Waals surface area contributed by atoms with E-state index in [2.05, 4.69) is 20.7 Å². The Hall–Kier alpha value is -1.13. The van der Waals surface area contributed by atoms with E-state index in [1.807, 2.05) is 6.07 Å². The quantitative estimate of drug-likeness (QED) is 0.813. The fraction of sp³-hybridized carbons (Fsp3) is 0.364. The lowest BCUT2D eigenvalue weighted by molar-refractivity contribution is 0.468. The number of halogens is 2. The zero-order valence-corrected chi connectivity index (χ0v) is 11.9. The molecule has 0 radical (unpaired) electrons. The molecular formula is C11H12BrFN2O2S. The number of alkyl halides is 1. The molecule has 0 aliphatic heterocycles. The summed E-state index contributed by atoms with van der Waals surface area (Å²) < 4.78 is 38.2. The number of unbranched alkanes of at least 4 members (excludes halogenated alkanes) is 1. The Kier molecular flexibility index (Phi) is 5.56. The Labute approximate surface area is 114 Å². The number of anilines is 1. The van der Waals surface area contributed by atoms with Crippen molar-refractivity contribution in [1.82, 2.24) is 0 Å². The Morgan fingerprint density at radius 1 is 1.39 bits per heavy atom. The van der Waals surface area contributed by atoms with Crippen LogP contribution in [0.2, 0.25) is 0 Å². The standard InChI is InChI=1S/C11H12BrFN2O2S/c12-10-4-3-9(8-14)7-11(10)15-18(16,17)6-2-1-5-13/h3-4,7,15H,1-2,5-6H2. The van der Waals surface area contributed by atoms with E-state index in [-0.39, 0.29) is 18.6 Å². The number of benzene rings is 1. The van der Waals surface area contributed by atoms with Crippen LogP contribution in [-0.4, -0.2) is 20.8 Å². The van der Waals surface area contributed by atoms with Crippen LogP contribution in [0.4, 0.5) is 10.1 Å². The van der Waals surface area contributed by atoms with Gasteiger partial charge in [0, 0.05) is 4.47 Å². The van der Waals surface area contributed by atoms with Crippen molar-refractivity contribution in [3.8, 4) is 6.07 Å². The molecule has 1 aromatic rings. The van der Waals surface area contributed by atoms with Gasteiger partial charge in [-0.25, -0.2) is 8.42 Å². The van der Waals surface area contributed by atoms with Crippen molar-refractivity contribution in [1.29, 1.82) is 5.26 Å². The third-order valence-corrected chi connectivity index (χ3v) is 4.21. The molecule has 0 unspecified atom stereocenters. The third-order valence-electron chi connectivity index (χ3n) is 2.16. The van der Waals surface area contributed by atoms with Crippen LogP contribution in [0, 0.1) is 11.3 Å². The van der Waals surface area contributed by atoms with Crippen molar-refractivity contribution in [2.45, 2.75) is 12.8 Å². The van der Waals surface area contributed by atoms with E-state index in [4.69, 9.17) is 5.26 Å². The van der Waals surface area contributed by atoms with Crippen molar-refractivity contribution in [2.75, 3.05) is 17.1 Å². The molecule has 0 saturated carbocycles. The monoisotopic (exact) mass is 334 g/mol. The van der Waals surface area contributed by atoms with Crippen LogP contribution in [-0.2, 0) is 10.0 Å². The Balaban J connectivity index is 2.81. The molecule has 0 aromatic heterocycles. The van der Waals surface area contributed by atoms with Crippen molar-refractivity contribution in [2.24, 2.45) is 0 Å². The van der Waals surface area contributed by atoms with Crippen LogP contribution in [0.3, 0.4) is 0 Å². The van der Waals surface area contributed by atoms with Gasteiger partial charge in [0.25, 0.3) is 0 Å². The first-order chi connectivity index (χ1) is 8.48. The summed E-state index contributed by atoms with van der Waals surface area (Å²) in [5.74, 6) is -0.139. The van der Waals surface area contributed by atoms with Gasteiger partial charge in [-0.3, -0.25) is 9.11 Å². The van der Waals surface area contributed by atoms with Crippen molar-refractivity contribution < 1.29 is 12.8 Å². The summed E-state index contributed by atoms with van der Waals surface area (Å²) >= 11 is 3.20. The van der Waals surface area contributed by atoms with Crippen LogP contribution >= 0.6 is 15.9 Å². The second-order valence-corrected chi connectivity index (χ2v) is 6.32. The molecule has 0 amide bonds. The number of sulfonamides is 1. The zero-order chi connectivity index (χ0) is 13.6. The maximum absolute atomic E-state index is 11.9. The number of hydrogen-bond acceptors (Lipinski definition) is 3. The Morgan fingerprint density at radius 2 is 2.11 bits per heavy atom. The van der Waals surface area contributed by atoms with E-state index in [9.17, 15) is 12.8 Å². The molecule has 0 atom stereocenters. The molecule has 7 heteroatoms. The van der Waals surface area contributed by atoms with E-state index in [1.165, 1.54) is 6.07 Å². The van der Waals surface area contributed by atoms with Gasteiger partial charge >= 0.3 is 0 Å². The summed E-state index contributed by atoms with van der Waals surface area (Å²) in [5.41, 5.74) is 0.675. The SMILES string of the molecule is N#Cc1ccc(Br)c(NS(=O)(=O)CCCCF)c1. The third kappa shape index (κ3) is 4.63. The van der Waals surface area contributed by atoms with Gasteiger partial charge in [0.2, 0.25) is 10.0 Å². The van der Waals surface area contributed by atoms with Crippen LogP contribution in [0.25, 0.3) is 0 Å². The van der Waals surface area contributed by atoms with Crippen LogP contribution in [0.5, 0.6) is 0 Å². The molecule has 0 aliphatic carbocycles. The number of hydrogen-bond donors (Lipinski definition) is 1. The summed E-state index contributed by atoms with van der Waals surface area (Å²) in [6.07, 6.45) is 0.488. The van der Waals surface area contributed by atoms with Crippen molar-refractivity contribution in [3.63, 3.8) is 0 Å². The highest BCUT2D eigenvalue weighted by molar-refractivity contribution is 9.10. The van der Waals surface area contributed by atoms with E-state index in [0.29, 0.717) is 15.7 Å². The Bertz CT molecular complexity index is 555. The molecule has 0 bridgehead atoms. The van der Waals surface area contributed by atoms with Gasteiger partial charge in [0.15, 0.2) is 0 Å². The highest BCUT2D eigenvalue weighted by Crippen LogP contribution is 2.24. The largest absolute Gasteiger partial charge is 0.282 e. The number of rotatable bonds is 6. The van der Waals surface area contributed by atoms with E-state index < -0.39 is 16.7 Å². The lowest BCUT2D eigenvalue weighted by atomic mass is 10.2. The number of nitrogens with one attached hydrogen (secondary N) is 1. The summed E-state index contributed by atoms with van der Waals surface area (Å²) in [4.78, 5) is 0. The van der Waals surface area contributed by atoms with Gasteiger partial charge in [-0.2, -0.15) is 5.26 Å². The lowest BCUT2D eigenvalue weighted by Gasteiger charge is -2.09. The first-order valence-electron chi connectivity index (χ1n) is 5.24. The minimum atomic E-state index is -3.51. The molecule has 1 aromatic carbocycles. The maximum Gasteiger partial charge on any atom is 0.232 e. The van der Waals surface area contributed by atoms with Gasteiger partial charge in [-0.1, -0.05) is 0 Å². The zero-order valence-electron chi connectivity index (χ0n) is 9.49. The van der Waals surface area contributed by atoms with Gasteiger partial charge in [0.05, 0.1) is 29.7 Å². The predicted molar refractivity (Wildman–Crippen MR) is 71.5 cm³/mol.